The lowest BCUT2D eigenvalue weighted by atomic mass is 10.00. The number of aromatic amines is 1. The summed E-state index contributed by atoms with van der Waals surface area (Å²) in [5.41, 5.74) is 8.01. The van der Waals surface area contributed by atoms with E-state index >= 15 is 0 Å². The number of hydrogen-bond acceptors (Lipinski definition) is 5. The molecule has 1 aromatic carbocycles. The molecule has 1 unspecified atom stereocenters. The number of carboxylic acids is 1. The van der Waals surface area contributed by atoms with Crippen LogP contribution in [0.25, 0.3) is 22.0 Å². The van der Waals surface area contributed by atoms with Crippen LogP contribution in [0, 0.1) is 10.1 Å². The van der Waals surface area contributed by atoms with Crippen LogP contribution in [0.5, 0.6) is 0 Å². The SMILES string of the molecule is CC.NC(Cc1c[nH]c2cc(-c3ccncc3)cc([N+](=O)[O-])c12)C(=O)O. The van der Waals surface area contributed by atoms with Crippen LogP contribution < -0.4 is 5.73 Å². The number of hydrogen-bond donors (Lipinski definition) is 3. The van der Waals surface area contributed by atoms with Crippen LogP contribution in [0.3, 0.4) is 0 Å². The van der Waals surface area contributed by atoms with Crippen molar-refractivity contribution in [3.63, 3.8) is 0 Å². The average Bonchev–Trinajstić information content (AvgIpc) is 3.06. The lowest BCUT2D eigenvalue weighted by molar-refractivity contribution is -0.383. The first-order valence-electron chi connectivity index (χ1n) is 8.14. The van der Waals surface area contributed by atoms with Crippen LogP contribution in [0.2, 0.25) is 0 Å². The molecule has 0 spiro atoms. The van der Waals surface area contributed by atoms with Crippen molar-refractivity contribution in [2.75, 3.05) is 0 Å². The fourth-order valence-corrected chi connectivity index (χ4v) is 2.66. The number of benzene rings is 1. The molecule has 0 aliphatic heterocycles. The summed E-state index contributed by atoms with van der Waals surface area (Å²) in [5, 5.41) is 20.8. The van der Waals surface area contributed by atoms with Gasteiger partial charge in [-0.25, -0.2) is 0 Å². The minimum atomic E-state index is -1.15. The molecule has 0 bridgehead atoms. The second-order valence-electron chi connectivity index (χ2n) is 5.37. The summed E-state index contributed by atoms with van der Waals surface area (Å²) in [4.78, 5) is 28.9. The van der Waals surface area contributed by atoms with E-state index in [0.29, 0.717) is 22.0 Å². The molecular formula is C18H20N4O4. The molecule has 8 heteroatoms. The molecule has 0 radical (unpaired) electrons. The normalized spacial score (nSPS) is 11.5. The monoisotopic (exact) mass is 356 g/mol. The molecule has 0 saturated heterocycles. The fourth-order valence-electron chi connectivity index (χ4n) is 2.66. The van der Waals surface area contributed by atoms with Gasteiger partial charge in [0.2, 0.25) is 0 Å². The lowest BCUT2D eigenvalue weighted by Gasteiger charge is -2.07. The largest absolute Gasteiger partial charge is 0.480 e. The van der Waals surface area contributed by atoms with Gasteiger partial charge in [0.15, 0.2) is 0 Å². The standard InChI is InChI=1S/C16H14N4O4.C2H6/c17-12(16(21)22)5-11-8-19-13-6-10(9-1-3-18-4-2-9)7-14(15(11)13)20(23)24;1-2/h1-4,6-8,12,19H,5,17H2,(H,21,22);1-2H3. The highest BCUT2D eigenvalue weighted by Gasteiger charge is 2.22. The van der Waals surface area contributed by atoms with Crippen molar-refractivity contribution in [1.29, 1.82) is 0 Å². The molecule has 0 saturated carbocycles. The van der Waals surface area contributed by atoms with Crippen molar-refractivity contribution in [2.45, 2.75) is 26.3 Å². The van der Waals surface area contributed by atoms with Crippen molar-refractivity contribution < 1.29 is 14.8 Å². The highest BCUT2D eigenvalue weighted by Crippen LogP contribution is 2.34. The molecular weight excluding hydrogens is 336 g/mol. The van der Waals surface area contributed by atoms with Crippen molar-refractivity contribution in [1.82, 2.24) is 9.97 Å². The molecule has 3 rings (SSSR count). The molecule has 0 fully saturated rings. The Balaban J connectivity index is 0.00000117. The second-order valence-corrected chi connectivity index (χ2v) is 5.37. The van der Waals surface area contributed by atoms with Gasteiger partial charge >= 0.3 is 5.97 Å². The van der Waals surface area contributed by atoms with E-state index in [9.17, 15) is 14.9 Å². The Morgan fingerprint density at radius 2 is 1.96 bits per heavy atom. The first kappa shape index (κ1) is 19.1. The first-order chi connectivity index (χ1) is 12.5. The number of aliphatic carboxylic acids is 1. The summed E-state index contributed by atoms with van der Waals surface area (Å²) in [6, 6.07) is 5.65. The van der Waals surface area contributed by atoms with E-state index < -0.39 is 16.9 Å². The number of H-pyrrole nitrogens is 1. The van der Waals surface area contributed by atoms with Crippen LogP contribution in [0.4, 0.5) is 5.69 Å². The van der Waals surface area contributed by atoms with Gasteiger partial charge in [-0.1, -0.05) is 13.8 Å². The van der Waals surface area contributed by atoms with Gasteiger partial charge in [-0.15, -0.1) is 0 Å². The van der Waals surface area contributed by atoms with Gasteiger partial charge in [0, 0.05) is 31.1 Å². The molecule has 2 aromatic heterocycles. The summed E-state index contributed by atoms with van der Waals surface area (Å²) >= 11 is 0. The van der Waals surface area contributed by atoms with Gasteiger partial charge in [0.25, 0.3) is 5.69 Å². The first-order valence-corrected chi connectivity index (χ1v) is 8.14. The number of nitro benzene ring substituents is 1. The van der Waals surface area contributed by atoms with Crippen LogP contribution in [0.15, 0.2) is 42.9 Å². The van der Waals surface area contributed by atoms with Crippen LogP contribution in [-0.4, -0.2) is 32.0 Å². The lowest BCUT2D eigenvalue weighted by Crippen LogP contribution is -2.32. The Morgan fingerprint density at radius 1 is 1.31 bits per heavy atom. The summed E-state index contributed by atoms with van der Waals surface area (Å²) in [6.45, 7) is 4.00. The number of carboxylic acid groups (broad SMARTS) is 1. The van der Waals surface area contributed by atoms with Gasteiger partial charge in [-0.05, 0) is 34.9 Å². The highest BCUT2D eigenvalue weighted by molar-refractivity contribution is 5.96. The zero-order valence-corrected chi connectivity index (χ0v) is 14.5. The third-order valence-corrected chi connectivity index (χ3v) is 3.81. The molecule has 8 nitrogen and oxygen atoms in total. The number of fused-ring (bicyclic) bond motifs is 1. The van der Waals surface area contributed by atoms with Crippen molar-refractivity contribution in [2.24, 2.45) is 5.73 Å². The van der Waals surface area contributed by atoms with Gasteiger partial charge in [0.05, 0.1) is 15.8 Å². The average molecular weight is 356 g/mol. The number of rotatable bonds is 5. The number of nitro groups is 1. The molecule has 0 amide bonds. The Labute approximate surface area is 149 Å². The van der Waals surface area contributed by atoms with E-state index in [0.717, 1.165) is 5.56 Å². The quantitative estimate of drug-likeness (QED) is 0.475. The topological polar surface area (TPSA) is 135 Å². The smallest absolute Gasteiger partial charge is 0.320 e. The Kier molecular flexibility index (Phi) is 6.03. The fraction of sp³-hybridized carbons (Fsp3) is 0.222. The van der Waals surface area contributed by atoms with E-state index in [-0.39, 0.29) is 12.1 Å². The van der Waals surface area contributed by atoms with Crippen LogP contribution in [-0.2, 0) is 11.2 Å². The molecule has 0 aliphatic rings. The van der Waals surface area contributed by atoms with E-state index in [1.165, 1.54) is 6.07 Å². The van der Waals surface area contributed by atoms with Crippen molar-refractivity contribution in [3.8, 4) is 11.1 Å². The summed E-state index contributed by atoms with van der Waals surface area (Å²) in [5.74, 6) is -1.15. The maximum atomic E-state index is 11.5. The minimum absolute atomic E-state index is 0.00474. The Morgan fingerprint density at radius 3 is 2.54 bits per heavy atom. The van der Waals surface area contributed by atoms with Crippen molar-refractivity contribution in [3.05, 3.63) is 58.5 Å². The molecule has 0 aliphatic carbocycles. The highest BCUT2D eigenvalue weighted by atomic mass is 16.6. The summed E-state index contributed by atoms with van der Waals surface area (Å²) in [6.07, 6.45) is 4.79. The Hall–Kier alpha value is -3.26. The van der Waals surface area contributed by atoms with E-state index in [4.69, 9.17) is 10.8 Å². The predicted molar refractivity (Wildman–Crippen MR) is 98.8 cm³/mol. The molecule has 4 N–H and O–H groups in total. The number of aromatic nitrogens is 2. The second kappa shape index (κ2) is 8.21. The van der Waals surface area contributed by atoms with E-state index in [1.807, 2.05) is 13.8 Å². The van der Waals surface area contributed by atoms with E-state index in [2.05, 4.69) is 9.97 Å². The summed E-state index contributed by atoms with van der Waals surface area (Å²) in [7, 11) is 0. The number of nitrogens with zero attached hydrogens (tertiary/aromatic N) is 2. The number of pyridine rings is 1. The van der Waals surface area contributed by atoms with Crippen LogP contribution in [0.1, 0.15) is 19.4 Å². The molecule has 2 heterocycles. The third-order valence-electron chi connectivity index (χ3n) is 3.81. The van der Waals surface area contributed by atoms with Crippen LogP contribution >= 0.6 is 0 Å². The molecule has 136 valence electrons. The number of non-ortho nitro benzene ring substituents is 1. The molecule has 3 aromatic rings. The number of nitrogens with one attached hydrogen (secondary N) is 1. The maximum absolute atomic E-state index is 11.5. The van der Waals surface area contributed by atoms with Gasteiger partial charge < -0.3 is 15.8 Å². The molecule has 26 heavy (non-hydrogen) atoms. The third kappa shape index (κ3) is 3.86. The summed E-state index contributed by atoms with van der Waals surface area (Å²) < 4.78 is 0. The van der Waals surface area contributed by atoms with Gasteiger partial charge in [0.1, 0.15) is 6.04 Å². The minimum Gasteiger partial charge on any atom is -0.480 e. The maximum Gasteiger partial charge on any atom is 0.320 e. The zero-order chi connectivity index (χ0) is 19.3. The Bertz CT molecular complexity index is 922. The van der Waals surface area contributed by atoms with Crippen molar-refractivity contribution >= 4 is 22.6 Å². The predicted octanol–water partition coefficient (Wildman–Crippen LogP) is 3.12. The van der Waals surface area contributed by atoms with Gasteiger partial charge in [-0.2, -0.15) is 0 Å². The number of carbonyl (C=O) groups is 1. The molecule has 1 atom stereocenters. The van der Waals surface area contributed by atoms with Gasteiger partial charge in [-0.3, -0.25) is 19.9 Å². The number of nitrogens with two attached hydrogens (primary N) is 1. The zero-order valence-electron chi connectivity index (χ0n) is 14.5. The van der Waals surface area contributed by atoms with E-state index in [1.54, 1.807) is 36.8 Å².